The Balaban J connectivity index is 2.19. The Hall–Kier alpha value is -2.44. The van der Waals surface area contributed by atoms with Crippen molar-refractivity contribution < 1.29 is 23.1 Å². The lowest BCUT2D eigenvalue weighted by atomic mass is 10.0. The van der Waals surface area contributed by atoms with Crippen LogP contribution in [-0.2, 0) is 9.53 Å². The van der Waals surface area contributed by atoms with E-state index >= 15 is 0 Å². The van der Waals surface area contributed by atoms with Gasteiger partial charge in [0.2, 0.25) is 5.91 Å². The molecule has 130 valence electrons. The van der Waals surface area contributed by atoms with Gasteiger partial charge in [-0.2, -0.15) is 0 Å². The van der Waals surface area contributed by atoms with Crippen molar-refractivity contribution in [1.29, 1.82) is 0 Å². The zero-order valence-electron chi connectivity index (χ0n) is 13.4. The van der Waals surface area contributed by atoms with E-state index in [1.54, 1.807) is 36.1 Å². The van der Waals surface area contributed by atoms with Crippen LogP contribution in [0, 0.1) is 0 Å². The summed E-state index contributed by atoms with van der Waals surface area (Å²) in [6.07, 6.45) is -0.568. The van der Waals surface area contributed by atoms with Gasteiger partial charge < -0.3 is 15.0 Å². The normalized spacial score (nSPS) is 19.5. The van der Waals surface area contributed by atoms with Crippen LogP contribution in [0.1, 0.15) is 30.1 Å². The summed E-state index contributed by atoms with van der Waals surface area (Å²) in [4.78, 5) is 24.9. The van der Waals surface area contributed by atoms with Crippen LogP contribution < -0.4 is 10.2 Å². The number of carbonyl (C=O) groups is 2. The number of ether oxygens (including phenoxy) is 1. The SMILES string of the molecule is C=CC(=O)NC1CC(F)(F)CCN1c1ccc(C(=O)OCC)cc1. The molecular formula is C17H20F2N2O3. The number of rotatable bonds is 5. The van der Waals surface area contributed by atoms with E-state index in [2.05, 4.69) is 11.9 Å². The Morgan fingerprint density at radius 2 is 2.08 bits per heavy atom. The molecule has 5 nitrogen and oxygen atoms in total. The van der Waals surface area contributed by atoms with Crippen LogP contribution in [0.4, 0.5) is 14.5 Å². The molecule has 1 aliphatic heterocycles. The molecule has 0 bridgehead atoms. The van der Waals surface area contributed by atoms with Gasteiger partial charge in [-0.25, -0.2) is 13.6 Å². The third-order valence-corrected chi connectivity index (χ3v) is 3.79. The minimum atomic E-state index is -2.83. The molecule has 0 radical (unpaired) electrons. The summed E-state index contributed by atoms with van der Waals surface area (Å²) in [5.74, 6) is -3.78. The van der Waals surface area contributed by atoms with Crippen molar-refractivity contribution >= 4 is 17.6 Å². The van der Waals surface area contributed by atoms with Gasteiger partial charge in [-0.1, -0.05) is 6.58 Å². The molecule has 1 unspecified atom stereocenters. The van der Waals surface area contributed by atoms with E-state index in [1.807, 2.05) is 0 Å². The standard InChI is InChI=1S/C17H20F2N2O3/c1-3-15(22)20-14-11-17(18,19)9-10-21(14)13-7-5-12(6-8-13)16(23)24-4-2/h3,5-8,14H,1,4,9-11H2,2H3,(H,20,22). The predicted octanol–water partition coefficient (Wildman–Crippen LogP) is 2.73. The number of benzene rings is 1. The fourth-order valence-corrected chi connectivity index (χ4v) is 2.60. The average molecular weight is 338 g/mol. The smallest absolute Gasteiger partial charge is 0.338 e. The van der Waals surface area contributed by atoms with E-state index in [0.717, 1.165) is 6.08 Å². The first kappa shape index (κ1) is 17.9. The Bertz CT molecular complexity index is 617. The van der Waals surface area contributed by atoms with Gasteiger partial charge in [-0.05, 0) is 37.3 Å². The molecular weight excluding hydrogens is 318 g/mol. The molecule has 1 atom stereocenters. The molecule has 1 saturated heterocycles. The van der Waals surface area contributed by atoms with Crippen LogP contribution >= 0.6 is 0 Å². The number of hydrogen-bond acceptors (Lipinski definition) is 4. The van der Waals surface area contributed by atoms with Crippen molar-refractivity contribution in [2.45, 2.75) is 31.9 Å². The van der Waals surface area contributed by atoms with Crippen LogP contribution in [0.15, 0.2) is 36.9 Å². The molecule has 1 amide bonds. The fraction of sp³-hybridized carbons (Fsp3) is 0.412. The van der Waals surface area contributed by atoms with Crippen molar-refractivity contribution in [2.24, 2.45) is 0 Å². The van der Waals surface area contributed by atoms with Crippen LogP contribution in [-0.4, -0.2) is 37.1 Å². The monoisotopic (exact) mass is 338 g/mol. The third kappa shape index (κ3) is 4.31. The maximum Gasteiger partial charge on any atom is 0.338 e. The van der Waals surface area contributed by atoms with E-state index in [-0.39, 0.29) is 19.6 Å². The second-order valence-electron chi connectivity index (χ2n) is 5.50. The van der Waals surface area contributed by atoms with Gasteiger partial charge in [-0.3, -0.25) is 4.79 Å². The third-order valence-electron chi connectivity index (χ3n) is 3.79. The first-order valence-corrected chi connectivity index (χ1v) is 7.71. The molecule has 1 aliphatic rings. The summed E-state index contributed by atoms with van der Waals surface area (Å²) < 4.78 is 32.3. The number of halogens is 2. The molecule has 1 aromatic rings. The second-order valence-corrected chi connectivity index (χ2v) is 5.50. The summed E-state index contributed by atoms with van der Waals surface area (Å²) in [6.45, 7) is 5.42. The highest BCUT2D eigenvalue weighted by Crippen LogP contribution is 2.33. The highest BCUT2D eigenvalue weighted by atomic mass is 19.3. The molecule has 7 heteroatoms. The molecule has 24 heavy (non-hydrogen) atoms. The van der Waals surface area contributed by atoms with Crippen molar-refractivity contribution in [3.05, 3.63) is 42.5 Å². The maximum atomic E-state index is 13.7. The van der Waals surface area contributed by atoms with Crippen LogP contribution in [0.2, 0.25) is 0 Å². The van der Waals surface area contributed by atoms with Gasteiger partial charge in [0.1, 0.15) is 6.17 Å². The van der Waals surface area contributed by atoms with Crippen molar-refractivity contribution in [3.63, 3.8) is 0 Å². The topological polar surface area (TPSA) is 58.6 Å². The molecule has 0 aliphatic carbocycles. The first-order chi connectivity index (χ1) is 11.4. The van der Waals surface area contributed by atoms with Crippen molar-refractivity contribution in [2.75, 3.05) is 18.1 Å². The zero-order valence-corrected chi connectivity index (χ0v) is 13.4. The minimum absolute atomic E-state index is 0.0911. The molecule has 1 fully saturated rings. The van der Waals surface area contributed by atoms with Gasteiger partial charge >= 0.3 is 5.97 Å². The zero-order chi connectivity index (χ0) is 17.7. The Morgan fingerprint density at radius 1 is 1.42 bits per heavy atom. The minimum Gasteiger partial charge on any atom is -0.462 e. The molecule has 1 aromatic carbocycles. The van der Waals surface area contributed by atoms with E-state index in [4.69, 9.17) is 4.74 Å². The quantitative estimate of drug-likeness (QED) is 0.662. The van der Waals surface area contributed by atoms with E-state index in [0.29, 0.717) is 11.3 Å². The van der Waals surface area contributed by atoms with Gasteiger partial charge in [0, 0.05) is 18.7 Å². The number of anilines is 1. The molecule has 0 saturated carbocycles. The summed E-state index contributed by atoms with van der Waals surface area (Å²) in [5, 5.41) is 2.53. The largest absolute Gasteiger partial charge is 0.462 e. The lowest BCUT2D eigenvalue weighted by molar-refractivity contribution is -0.118. The summed E-state index contributed by atoms with van der Waals surface area (Å²) >= 11 is 0. The number of nitrogens with one attached hydrogen (secondary N) is 1. The highest BCUT2D eigenvalue weighted by molar-refractivity contribution is 5.90. The number of carbonyl (C=O) groups excluding carboxylic acids is 2. The van der Waals surface area contributed by atoms with Gasteiger partial charge in [0.15, 0.2) is 0 Å². The molecule has 0 aromatic heterocycles. The van der Waals surface area contributed by atoms with E-state index in [1.165, 1.54) is 0 Å². The lowest BCUT2D eigenvalue weighted by Crippen LogP contribution is -2.55. The van der Waals surface area contributed by atoms with Gasteiger partial charge in [0.25, 0.3) is 5.92 Å². The highest BCUT2D eigenvalue weighted by Gasteiger charge is 2.40. The number of nitrogens with zero attached hydrogens (tertiary/aromatic N) is 1. The number of amides is 1. The summed E-state index contributed by atoms with van der Waals surface area (Å²) in [7, 11) is 0. The maximum absolute atomic E-state index is 13.7. The van der Waals surface area contributed by atoms with Crippen molar-refractivity contribution in [3.8, 4) is 0 Å². The van der Waals surface area contributed by atoms with Gasteiger partial charge in [-0.15, -0.1) is 0 Å². The van der Waals surface area contributed by atoms with E-state index in [9.17, 15) is 18.4 Å². The van der Waals surface area contributed by atoms with Crippen LogP contribution in [0.5, 0.6) is 0 Å². The summed E-state index contributed by atoms with van der Waals surface area (Å²) in [6, 6.07) is 6.46. The number of alkyl halides is 2. The number of esters is 1. The van der Waals surface area contributed by atoms with Crippen LogP contribution in [0.3, 0.4) is 0 Å². The fourth-order valence-electron chi connectivity index (χ4n) is 2.60. The summed E-state index contributed by atoms with van der Waals surface area (Å²) in [5.41, 5.74) is 1.03. The van der Waals surface area contributed by atoms with E-state index < -0.39 is 30.4 Å². The lowest BCUT2D eigenvalue weighted by Gasteiger charge is -2.40. The number of piperidine rings is 1. The second kappa shape index (κ2) is 7.42. The van der Waals surface area contributed by atoms with Crippen molar-refractivity contribution in [1.82, 2.24) is 5.32 Å². The Labute approximate surface area is 139 Å². The first-order valence-electron chi connectivity index (χ1n) is 7.71. The van der Waals surface area contributed by atoms with Gasteiger partial charge in [0.05, 0.1) is 18.6 Å². The average Bonchev–Trinajstić information content (AvgIpc) is 2.54. The molecule has 2 rings (SSSR count). The predicted molar refractivity (Wildman–Crippen MR) is 86.1 cm³/mol. The molecule has 1 heterocycles. The molecule has 1 N–H and O–H groups in total. The van der Waals surface area contributed by atoms with Crippen LogP contribution in [0.25, 0.3) is 0 Å². The molecule has 0 spiro atoms. The Kier molecular flexibility index (Phi) is 5.54. The number of hydrogen-bond donors (Lipinski definition) is 1. The Morgan fingerprint density at radius 3 is 2.67 bits per heavy atom.